The Labute approximate surface area is 142 Å². The van der Waals surface area contributed by atoms with Gasteiger partial charge in [0.25, 0.3) is 10.0 Å². The van der Waals surface area contributed by atoms with Gasteiger partial charge in [-0.2, -0.15) is 0 Å². The van der Waals surface area contributed by atoms with E-state index in [-0.39, 0.29) is 22.2 Å². The molecule has 0 amide bonds. The molecule has 2 rings (SSSR count). The molecule has 0 heterocycles. The largest absolute Gasteiger partial charge is 0.505 e. The fourth-order valence-corrected chi connectivity index (χ4v) is 3.68. The van der Waals surface area contributed by atoms with E-state index in [0.29, 0.717) is 5.56 Å². The van der Waals surface area contributed by atoms with Crippen LogP contribution in [0.25, 0.3) is 0 Å². The number of hydrogen-bond acceptors (Lipinski definition) is 4. The van der Waals surface area contributed by atoms with E-state index in [1.165, 1.54) is 24.3 Å². The van der Waals surface area contributed by atoms with E-state index in [4.69, 9.17) is 28.3 Å². The number of phenols is 1. The highest BCUT2D eigenvalue weighted by Gasteiger charge is 2.22. The summed E-state index contributed by atoms with van der Waals surface area (Å²) in [6, 6.07) is 8.18. The maximum absolute atomic E-state index is 12.4. The fraction of sp³-hybridized carbons (Fsp3) is 0.0714. The van der Waals surface area contributed by atoms with Gasteiger partial charge in [0.1, 0.15) is 4.90 Å². The Kier molecular flexibility index (Phi) is 5.03. The number of phenolic OH excluding ortho intramolecular Hbond substituents is 1. The molecule has 0 saturated heterocycles. The number of sulfonamides is 1. The molecular formula is C14H11Cl2NO5S. The quantitative estimate of drug-likeness (QED) is 0.744. The number of anilines is 1. The molecule has 6 nitrogen and oxygen atoms in total. The minimum Gasteiger partial charge on any atom is -0.505 e. The number of aliphatic carboxylic acids is 1. The van der Waals surface area contributed by atoms with Gasteiger partial charge in [-0.15, -0.1) is 0 Å². The van der Waals surface area contributed by atoms with E-state index in [1.54, 1.807) is 6.07 Å². The van der Waals surface area contributed by atoms with Gasteiger partial charge in [0.15, 0.2) is 5.75 Å². The zero-order chi connectivity index (χ0) is 17.2. The van der Waals surface area contributed by atoms with Crippen LogP contribution >= 0.6 is 23.2 Å². The zero-order valence-electron chi connectivity index (χ0n) is 11.5. The van der Waals surface area contributed by atoms with Crippen molar-refractivity contribution in [3.05, 3.63) is 52.0 Å². The third-order valence-corrected chi connectivity index (χ3v) is 4.72. The summed E-state index contributed by atoms with van der Waals surface area (Å²) in [6.45, 7) is 0. The predicted octanol–water partition coefficient (Wildman–Crippen LogP) is 3.13. The van der Waals surface area contributed by atoms with Gasteiger partial charge in [-0.3, -0.25) is 9.52 Å². The summed E-state index contributed by atoms with van der Waals surface area (Å²) in [4.78, 5) is 10.2. The van der Waals surface area contributed by atoms with Crippen molar-refractivity contribution < 1.29 is 23.4 Å². The third-order valence-electron chi connectivity index (χ3n) is 2.82. The maximum Gasteiger partial charge on any atom is 0.307 e. The predicted molar refractivity (Wildman–Crippen MR) is 86.7 cm³/mol. The summed E-state index contributed by atoms with van der Waals surface area (Å²) in [5.74, 6) is -1.66. The molecule has 0 atom stereocenters. The standard InChI is InChI=1S/C14H11Cl2NO5S/c15-9-6-11(16)14(20)12(7-9)23(21,22)17-10-3-1-2-8(4-10)5-13(18)19/h1-4,6-7,17,20H,5H2,(H,18,19). The molecule has 9 heteroatoms. The molecule has 122 valence electrons. The molecule has 23 heavy (non-hydrogen) atoms. The lowest BCUT2D eigenvalue weighted by molar-refractivity contribution is -0.136. The van der Waals surface area contributed by atoms with Gasteiger partial charge in [-0.05, 0) is 29.8 Å². The van der Waals surface area contributed by atoms with Crippen LogP contribution in [0, 0.1) is 0 Å². The number of carboxylic acids is 1. The minimum absolute atomic E-state index is 0.0489. The molecule has 0 saturated carbocycles. The summed E-state index contributed by atoms with van der Waals surface area (Å²) < 4.78 is 27.0. The van der Waals surface area contributed by atoms with Crippen LogP contribution in [-0.4, -0.2) is 24.6 Å². The summed E-state index contributed by atoms with van der Waals surface area (Å²) in [5, 5.41) is 18.4. The fourth-order valence-electron chi connectivity index (χ4n) is 1.88. The Bertz CT molecular complexity index is 867. The second kappa shape index (κ2) is 6.66. The van der Waals surface area contributed by atoms with Gasteiger partial charge in [0.2, 0.25) is 0 Å². The van der Waals surface area contributed by atoms with E-state index in [1.807, 2.05) is 0 Å². The summed E-state index contributed by atoms with van der Waals surface area (Å²) in [6.07, 6.45) is -0.246. The monoisotopic (exact) mass is 375 g/mol. The molecule has 0 aromatic heterocycles. The van der Waals surface area contributed by atoms with E-state index in [0.717, 1.165) is 6.07 Å². The first-order chi connectivity index (χ1) is 10.7. The van der Waals surface area contributed by atoms with Crippen LogP contribution in [0.4, 0.5) is 5.69 Å². The van der Waals surface area contributed by atoms with Crippen LogP contribution in [0.3, 0.4) is 0 Å². The van der Waals surface area contributed by atoms with Crippen molar-refractivity contribution in [3.8, 4) is 5.75 Å². The number of hydrogen-bond donors (Lipinski definition) is 3. The molecule has 0 spiro atoms. The lowest BCUT2D eigenvalue weighted by atomic mass is 10.1. The Balaban J connectivity index is 2.37. The van der Waals surface area contributed by atoms with Gasteiger partial charge in [0.05, 0.1) is 11.4 Å². The van der Waals surface area contributed by atoms with Crippen LogP contribution in [0.2, 0.25) is 10.0 Å². The molecule has 0 fully saturated rings. The highest BCUT2D eigenvalue weighted by Crippen LogP contribution is 2.35. The molecule has 0 aliphatic rings. The number of carbonyl (C=O) groups is 1. The van der Waals surface area contributed by atoms with Crippen molar-refractivity contribution in [3.63, 3.8) is 0 Å². The van der Waals surface area contributed by atoms with Gasteiger partial charge < -0.3 is 10.2 Å². The highest BCUT2D eigenvalue weighted by molar-refractivity contribution is 7.92. The molecule has 0 bridgehead atoms. The molecule has 0 unspecified atom stereocenters. The van der Waals surface area contributed by atoms with Crippen molar-refractivity contribution in [1.29, 1.82) is 0 Å². The van der Waals surface area contributed by atoms with Crippen LogP contribution in [0.5, 0.6) is 5.75 Å². The zero-order valence-corrected chi connectivity index (χ0v) is 13.8. The average molecular weight is 376 g/mol. The van der Waals surface area contributed by atoms with Crippen molar-refractivity contribution in [1.82, 2.24) is 0 Å². The number of nitrogens with one attached hydrogen (secondary N) is 1. The number of carboxylic acid groups (broad SMARTS) is 1. The Morgan fingerprint density at radius 3 is 2.52 bits per heavy atom. The molecule has 0 aliphatic heterocycles. The van der Waals surface area contributed by atoms with Crippen LogP contribution < -0.4 is 4.72 Å². The minimum atomic E-state index is -4.15. The lowest BCUT2D eigenvalue weighted by Crippen LogP contribution is -2.13. The number of benzene rings is 2. The van der Waals surface area contributed by atoms with Crippen LogP contribution in [0.15, 0.2) is 41.3 Å². The first-order valence-corrected chi connectivity index (χ1v) is 8.44. The summed E-state index contributed by atoms with van der Waals surface area (Å²) in [5.41, 5.74) is 0.574. The van der Waals surface area contributed by atoms with Crippen molar-refractivity contribution in [2.24, 2.45) is 0 Å². The smallest absolute Gasteiger partial charge is 0.307 e. The molecular weight excluding hydrogens is 365 g/mol. The van der Waals surface area contributed by atoms with Gasteiger partial charge in [-0.25, -0.2) is 8.42 Å². The normalized spacial score (nSPS) is 11.2. The SMILES string of the molecule is O=C(O)Cc1cccc(NS(=O)(=O)c2cc(Cl)cc(Cl)c2O)c1. The average Bonchev–Trinajstić information content (AvgIpc) is 2.41. The van der Waals surface area contributed by atoms with Crippen molar-refractivity contribution in [2.75, 3.05) is 4.72 Å². The highest BCUT2D eigenvalue weighted by atomic mass is 35.5. The Morgan fingerprint density at radius 2 is 1.87 bits per heavy atom. The van der Waals surface area contributed by atoms with Gasteiger partial charge in [-0.1, -0.05) is 35.3 Å². The maximum atomic E-state index is 12.4. The van der Waals surface area contributed by atoms with E-state index >= 15 is 0 Å². The van der Waals surface area contributed by atoms with Crippen LogP contribution in [-0.2, 0) is 21.2 Å². The number of aromatic hydroxyl groups is 1. The first-order valence-electron chi connectivity index (χ1n) is 6.20. The second-order valence-electron chi connectivity index (χ2n) is 4.61. The van der Waals surface area contributed by atoms with Crippen molar-refractivity contribution >= 4 is 44.9 Å². The Morgan fingerprint density at radius 1 is 1.17 bits per heavy atom. The molecule has 0 radical (unpaired) electrons. The summed E-state index contributed by atoms with van der Waals surface area (Å²) in [7, 11) is -4.15. The van der Waals surface area contributed by atoms with Crippen molar-refractivity contribution in [2.45, 2.75) is 11.3 Å². The number of rotatable bonds is 5. The molecule has 0 aliphatic carbocycles. The van der Waals surface area contributed by atoms with Gasteiger partial charge in [0, 0.05) is 10.7 Å². The second-order valence-corrected chi connectivity index (χ2v) is 7.11. The van der Waals surface area contributed by atoms with Crippen LogP contribution in [0.1, 0.15) is 5.56 Å². The third kappa shape index (κ3) is 4.28. The van der Waals surface area contributed by atoms with E-state index in [2.05, 4.69) is 4.72 Å². The Hall–Kier alpha value is -1.96. The lowest BCUT2D eigenvalue weighted by Gasteiger charge is -2.11. The van der Waals surface area contributed by atoms with E-state index < -0.39 is 26.6 Å². The summed E-state index contributed by atoms with van der Waals surface area (Å²) >= 11 is 11.5. The molecule has 2 aromatic carbocycles. The first kappa shape index (κ1) is 17.4. The molecule has 2 aromatic rings. The topological polar surface area (TPSA) is 104 Å². The van der Waals surface area contributed by atoms with Gasteiger partial charge >= 0.3 is 5.97 Å². The van der Waals surface area contributed by atoms with E-state index in [9.17, 15) is 18.3 Å². The number of halogens is 2. The molecule has 3 N–H and O–H groups in total.